The predicted molar refractivity (Wildman–Crippen MR) is 165 cm³/mol. The Kier molecular flexibility index (Phi) is 14.5. The predicted octanol–water partition coefficient (Wildman–Crippen LogP) is 10.4. The fourth-order valence-corrected chi connectivity index (χ4v) is 8.06. The lowest BCUT2D eigenvalue weighted by Gasteiger charge is -2.41. The molecule has 2 aliphatic carbocycles. The summed E-state index contributed by atoms with van der Waals surface area (Å²) < 4.78 is 0. The van der Waals surface area contributed by atoms with Gasteiger partial charge in [0.25, 0.3) is 0 Å². The zero-order chi connectivity index (χ0) is 26.7. The van der Waals surface area contributed by atoms with Gasteiger partial charge in [-0.05, 0) is 88.4 Å². The molecule has 0 aliphatic heterocycles. The van der Waals surface area contributed by atoms with Crippen molar-refractivity contribution in [3.05, 3.63) is 23.2 Å². The molecule has 0 aromatic rings. The fourth-order valence-electron chi connectivity index (χ4n) is 8.06. The third-order valence-corrected chi connectivity index (χ3v) is 10.6. The third kappa shape index (κ3) is 9.67. The van der Waals surface area contributed by atoms with Crippen molar-refractivity contribution in [1.29, 1.82) is 0 Å². The molecule has 0 radical (unpaired) electrons. The molecule has 0 amide bonds. The second-order valence-corrected chi connectivity index (χ2v) is 13.4. The molecule has 0 aromatic carbocycles. The van der Waals surface area contributed by atoms with E-state index in [1.54, 1.807) is 5.47 Å². The van der Waals surface area contributed by atoms with Gasteiger partial charge in [0, 0.05) is 12.1 Å². The molecule has 1 nitrogen and oxygen atoms in total. The number of hydrogen-bond acceptors (Lipinski definition) is 1. The fraction of sp³-hybridized carbons (Fsp3) is 0.882. The van der Waals surface area contributed by atoms with E-state index < -0.39 is 0 Å². The molecule has 7 atom stereocenters. The Morgan fingerprint density at radius 2 is 1.69 bits per heavy atom. The molecule has 0 bridgehead atoms. The van der Waals surface area contributed by atoms with E-state index in [0.29, 0.717) is 12.1 Å². The van der Waals surface area contributed by atoms with Gasteiger partial charge >= 0.3 is 0 Å². The SMILES string of the molecule is C/C=C(\C)C(CC)NC(C)CC/C=C(/C)B(C)CCC(CC)C(C1CCCCC1)C1CC(C)CC1C. The average molecular weight is 498 g/mol. The smallest absolute Gasteiger partial charge is 0.166 e. The van der Waals surface area contributed by atoms with Crippen LogP contribution in [0.2, 0.25) is 13.1 Å². The summed E-state index contributed by atoms with van der Waals surface area (Å²) in [4.78, 5) is 0. The molecule has 36 heavy (non-hydrogen) atoms. The maximum atomic E-state index is 3.85. The maximum Gasteiger partial charge on any atom is 0.166 e. The zero-order valence-electron chi connectivity index (χ0n) is 26.0. The highest BCUT2D eigenvalue weighted by Crippen LogP contribution is 2.50. The third-order valence-electron chi connectivity index (χ3n) is 10.6. The highest BCUT2D eigenvalue weighted by Gasteiger charge is 2.41. The van der Waals surface area contributed by atoms with E-state index in [2.05, 4.69) is 79.7 Å². The van der Waals surface area contributed by atoms with Gasteiger partial charge in [-0.15, -0.1) is 5.47 Å². The van der Waals surface area contributed by atoms with Gasteiger partial charge in [0.15, 0.2) is 6.71 Å². The lowest BCUT2D eigenvalue weighted by Crippen LogP contribution is -2.36. The molecule has 2 fully saturated rings. The topological polar surface area (TPSA) is 12.0 Å². The molecule has 2 heteroatoms. The van der Waals surface area contributed by atoms with Crippen LogP contribution >= 0.6 is 0 Å². The Morgan fingerprint density at radius 3 is 2.25 bits per heavy atom. The zero-order valence-corrected chi connectivity index (χ0v) is 26.0. The van der Waals surface area contributed by atoms with E-state index in [-0.39, 0.29) is 0 Å². The summed E-state index contributed by atoms with van der Waals surface area (Å²) in [6.45, 7) is 22.3. The van der Waals surface area contributed by atoms with Crippen LogP contribution in [0, 0.1) is 35.5 Å². The van der Waals surface area contributed by atoms with Gasteiger partial charge in [-0.3, -0.25) is 0 Å². The molecule has 208 valence electrons. The number of allylic oxidation sites excluding steroid dienone is 3. The second kappa shape index (κ2) is 16.5. The largest absolute Gasteiger partial charge is 0.308 e. The molecule has 2 aliphatic rings. The van der Waals surface area contributed by atoms with Crippen molar-refractivity contribution < 1.29 is 0 Å². The van der Waals surface area contributed by atoms with Crippen molar-refractivity contribution in [3.63, 3.8) is 0 Å². The van der Waals surface area contributed by atoms with Crippen LogP contribution in [0.25, 0.3) is 0 Å². The Morgan fingerprint density at radius 1 is 1.00 bits per heavy atom. The molecule has 0 spiro atoms. The van der Waals surface area contributed by atoms with Gasteiger partial charge < -0.3 is 5.32 Å². The van der Waals surface area contributed by atoms with Crippen LogP contribution in [0.5, 0.6) is 0 Å². The van der Waals surface area contributed by atoms with Crippen molar-refractivity contribution in [1.82, 2.24) is 5.32 Å². The van der Waals surface area contributed by atoms with Crippen LogP contribution in [0.15, 0.2) is 23.2 Å². The van der Waals surface area contributed by atoms with Gasteiger partial charge in [0.2, 0.25) is 0 Å². The molecular formula is C34H64BN. The molecule has 2 saturated carbocycles. The molecule has 2 rings (SSSR count). The second-order valence-electron chi connectivity index (χ2n) is 13.4. The molecule has 7 unspecified atom stereocenters. The van der Waals surface area contributed by atoms with E-state index in [4.69, 9.17) is 0 Å². The Hall–Kier alpha value is -0.495. The first-order valence-corrected chi connectivity index (χ1v) is 16.3. The summed E-state index contributed by atoms with van der Waals surface area (Å²) in [7, 11) is 0. The van der Waals surface area contributed by atoms with Gasteiger partial charge in [-0.25, -0.2) is 0 Å². The van der Waals surface area contributed by atoms with Crippen LogP contribution < -0.4 is 5.32 Å². The van der Waals surface area contributed by atoms with E-state index in [1.165, 1.54) is 88.9 Å². The summed E-state index contributed by atoms with van der Waals surface area (Å²) in [6.07, 6.45) is 23.1. The van der Waals surface area contributed by atoms with Gasteiger partial charge in [0.1, 0.15) is 0 Å². The minimum absolute atomic E-state index is 0.530. The van der Waals surface area contributed by atoms with E-state index >= 15 is 0 Å². The van der Waals surface area contributed by atoms with Gasteiger partial charge in [-0.2, -0.15) is 0 Å². The van der Waals surface area contributed by atoms with Crippen LogP contribution in [0.1, 0.15) is 132 Å². The minimum atomic E-state index is 0.530. The normalized spacial score (nSPS) is 27.6. The van der Waals surface area contributed by atoms with Crippen molar-refractivity contribution in [2.75, 3.05) is 0 Å². The summed E-state index contributed by atoms with van der Waals surface area (Å²) in [6, 6.07) is 1.10. The van der Waals surface area contributed by atoms with Crippen molar-refractivity contribution in [3.8, 4) is 0 Å². The van der Waals surface area contributed by atoms with Crippen molar-refractivity contribution in [2.45, 2.75) is 158 Å². The standard InChI is InChI=1S/C34H64BN/c1-10-26(5)33(12-3)36-29(8)18-16-17-28(7)35(9)22-21-30(11-2)34(31-19-14-13-15-20-31)32-24-25(4)23-27(32)6/h10,17,25,27,29-34,36H,11-16,18-24H2,1-9H3/b26-10+,28-17-. The van der Waals surface area contributed by atoms with Crippen molar-refractivity contribution >= 4 is 6.71 Å². The highest BCUT2D eigenvalue weighted by atomic mass is 14.9. The summed E-state index contributed by atoms with van der Waals surface area (Å²) in [5.74, 6) is 5.83. The van der Waals surface area contributed by atoms with Crippen molar-refractivity contribution in [2.24, 2.45) is 35.5 Å². The van der Waals surface area contributed by atoms with Crippen LogP contribution in [0.4, 0.5) is 0 Å². The molecule has 0 aromatic heterocycles. The Balaban J connectivity index is 1.92. The Bertz CT molecular complexity index is 660. The first-order chi connectivity index (χ1) is 17.2. The van der Waals surface area contributed by atoms with E-state index in [0.717, 1.165) is 42.2 Å². The maximum absolute atomic E-state index is 3.85. The molecule has 1 N–H and O–H groups in total. The number of rotatable bonds is 15. The monoisotopic (exact) mass is 498 g/mol. The quantitative estimate of drug-likeness (QED) is 0.175. The van der Waals surface area contributed by atoms with E-state index in [9.17, 15) is 0 Å². The van der Waals surface area contributed by atoms with Crippen LogP contribution in [0.3, 0.4) is 0 Å². The first kappa shape index (κ1) is 31.7. The summed E-state index contributed by atoms with van der Waals surface area (Å²) in [5.41, 5.74) is 3.11. The lowest BCUT2D eigenvalue weighted by molar-refractivity contribution is 0.0860. The van der Waals surface area contributed by atoms with Gasteiger partial charge in [-0.1, -0.05) is 110 Å². The molecule has 0 heterocycles. The van der Waals surface area contributed by atoms with Crippen LogP contribution in [-0.2, 0) is 0 Å². The summed E-state index contributed by atoms with van der Waals surface area (Å²) >= 11 is 0. The average Bonchev–Trinajstić information content (AvgIpc) is 3.21. The molecular weight excluding hydrogens is 433 g/mol. The van der Waals surface area contributed by atoms with Gasteiger partial charge in [0.05, 0.1) is 0 Å². The number of hydrogen-bond donors (Lipinski definition) is 1. The van der Waals surface area contributed by atoms with E-state index in [1.807, 2.05) is 0 Å². The number of nitrogens with one attached hydrogen (secondary N) is 1. The Labute approximate surface area is 228 Å². The minimum Gasteiger partial charge on any atom is -0.308 e. The van der Waals surface area contributed by atoms with Crippen LogP contribution in [-0.4, -0.2) is 18.8 Å². The molecule has 0 saturated heterocycles. The first-order valence-electron chi connectivity index (χ1n) is 16.3. The summed E-state index contributed by atoms with van der Waals surface area (Å²) in [5, 5.41) is 3.85. The lowest BCUT2D eigenvalue weighted by atomic mass is 9.43. The highest BCUT2D eigenvalue weighted by molar-refractivity contribution is 6.65.